The number of aryl methyl sites for hydroxylation is 1. The summed E-state index contributed by atoms with van der Waals surface area (Å²) in [5, 5.41) is 2.97. The second-order valence-electron chi connectivity index (χ2n) is 4.85. The molecule has 0 aliphatic heterocycles. The van der Waals surface area contributed by atoms with E-state index in [0.29, 0.717) is 5.56 Å². The highest BCUT2D eigenvalue weighted by Crippen LogP contribution is 2.25. The van der Waals surface area contributed by atoms with E-state index in [1.165, 1.54) is 0 Å². The van der Waals surface area contributed by atoms with Crippen molar-refractivity contribution in [1.29, 1.82) is 0 Å². The third kappa shape index (κ3) is 3.20. The summed E-state index contributed by atoms with van der Waals surface area (Å²) < 4.78 is 0.794. The summed E-state index contributed by atoms with van der Waals surface area (Å²) in [7, 11) is 3.90. The molecule has 0 aromatic heterocycles. The number of nitrogens with one attached hydrogen (secondary N) is 1. The first kappa shape index (κ1) is 14.6. The Morgan fingerprint density at radius 3 is 2.55 bits per heavy atom. The number of nitrogens with zero attached hydrogens (tertiary/aromatic N) is 1. The Hall–Kier alpha value is -1.81. The van der Waals surface area contributed by atoms with Crippen molar-refractivity contribution in [2.24, 2.45) is 0 Å². The Bertz CT molecular complexity index is 638. The third-order valence-corrected chi connectivity index (χ3v) is 3.69. The quantitative estimate of drug-likeness (QED) is 0.918. The van der Waals surface area contributed by atoms with E-state index < -0.39 is 0 Å². The fourth-order valence-electron chi connectivity index (χ4n) is 1.97. The molecule has 0 heterocycles. The maximum absolute atomic E-state index is 12.4. The SMILES string of the molecule is Cc1ccc(Br)c(C(=O)Nc2ccccc2N(C)C)c1. The molecule has 104 valence electrons. The van der Waals surface area contributed by atoms with Crippen molar-refractivity contribution < 1.29 is 4.79 Å². The van der Waals surface area contributed by atoms with Gasteiger partial charge in [-0.15, -0.1) is 0 Å². The minimum atomic E-state index is -0.116. The topological polar surface area (TPSA) is 32.3 Å². The predicted octanol–water partition coefficient (Wildman–Crippen LogP) is 4.08. The maximum Gasteiger partial charge on any atom is 0.256 e. The Labute approximate surface area is 127 Å². The zero-order valence-corrected chi connectivity index (χ0v) is 13.4. The number of carbonyl (C=O) groups excluding carboxylic acids is 1. The van der Waals surface area contributed by atoms with Gasteiger partial charge in [0.25, 0.3) is 5.91 Å². The number of anilines is 2. The van der Waals surface area contributed by atoms with Crippen LogP contribution in [0.2, 0.25) is 0 Å². The van der Waals surface area contributed by atoms with E-state index in [1.54, 1.807) is 0 Å². The number of hydrogen-bond acceptors (Lipinski definition) is 2. The molecule has 2 aromatic carbocycles. The molecular formula is C16H17BrN2O. The van der Waals surface area contributed by atoms with Crippen molar-refractivity contribution in [3.8, 4) is 0 Å². The Kier molecular flexibility index (Phi) is 4.45. The molecule has 0 saturated carbocycles. The summed E-state index contributed by atoms with van der Waals surface area (Å²) in [5.41, 5.74) is 3.47. The molecule has 4 heteroatoms. The highest BCUT2D eigenvalue weighted by Gasteiger charge is 2.12. The normalized spacial score (nSPS) is 10.2. The molecule has 20 heavy (non-hydrogen) atoms. The van der Waals surface area contributed by atoms with Gasteiger partial charge in [-0.3, -0.25) is 4.79 Å². The summed E-state index contributed by atoms with van der Waals surface area (Å²) >= 11 is 3.42. The van der Waals surface area contributed by atoms with Gasteiger partial charge in [0.1, 0.15) is 0 Å². The van der Waals surface area contributed by atoms with Gasteiger partial charge >= 0.3 is 0 Å². The van der Waals surface area contributed by atoms with Crippen molar-refractivity contribution in [3.63, 3.8) is 0 Å². The molecule has 0 fully saturated rings. The van der Waals surface area contributed by atoms with Crippen LogP contribution < -0.4 is 10.2 Å². The van der Waals surface area contributed by atoms with Gasteiger partial charge in [0.05, 0.1) is 16.9 Å². The number of carbonyl (C=O) groups is 1. The summed E-state index contributed by atoms with van der Waals surface area (Å²) in [5.74, 6) is -0.116. The molecule has 0 unspecified atom stereocenters. The van der Waals surface area contributed by atoms with Crippen LogP contribution in [0, 0.1) is 6.92 Å². The van der Waals surface area contributed by atoms with E-state index in [-0.39, 0.29) is 5.91 Å². The van der Waals surface area contributed by atoms with Gasteiger partial charge in [0.2, 0.25) is 0 Å². The largest absolute Gasteiger partial charge is 0.376 e. The average Bonchev–Trinajstić information content (AvgIpc) is 2.41. The van der Waals surface area contributed by atoms with Crippen LogP contribution >= 0.6 is 15.9 Å². The average molecular weight is 333 g/mol. The van der Waals surface area contributed by atoms with Gasteiger partial charge in [0, 0.05) is 18.6 Å². The molecule has 0 aliphatic carbocycles. The van der Waals surface area contributed by atoms with E-state index in [4.69, 9.17) is 0 Å². The lowest BCUT2D eigenvalue weighted by atomic mass is 10.1. The molecule has 0 aliphatic rings. The number of hydrogen-bond donors (Lipinski definition) is 1. The number of rotatable bonds is 3. The van der Waals surface area contributed by atoms with Crippen molar-refractivity contribution in [1.82, 2.24) is 0 Å². The van der Waals surface area contributed by atoms with E-state index in [9.17, 15) is 4.79 Å². The van der Waals surface area contributed by atoms with Crippen LogP contribution in [0.1, 0.15) is 15.9 Å². The number of amides is 1. The standard InChI is InChI=1S/C16H17BrN2O/c1-11-8-9-13(17)12(10-11)16(20)18-14-6-4-5-7-15(14)19(2)3/h4-10H,1-3H3,(H,18,20). The number of halogens is 1. The lowest BCUT2D eigenvalue weighted by Gasteiger charge is -2.18. The molecule has 2 rings (SSSR count). The van der Waals surface area contributed by atoms with Gasteiger partial charge in [-0.25, -0.2) is 0 Å². The summed E-state index contributed by atoms with van der Waals surface area (Å²) in [6, 6.07) is 13.5. The van der Waals surface area contributed by atoms with Crippen LogP contribution in [-0.2, 0) is 0 Å². The van der Waals surface area contributed by atoms with Crippen LogP contribution in [0.15, 0.2) is 46.9 Å². The Morgan fingerprint density at radius 2 is 1.85 bits per heavy atom. The van der Waals surface area contributed by atoms with Crippen LogP contribution in [0.25, 0.3) is 0 Å². The van der Waals surface area contributed by atoms with Crippen LogP contribution in [0.5, 0.6) is 0 Å². The van der Waals surface area contributed by atoms with Crippen molar-refractivity contribution >= 4 is 33.2 Å². The van der Waals surface area contributed by atoms with Crippen LogP contribution in [-0.4, -0.2) is 20.0 Å². The van der Waals surface area contributed by atoms with Crippen molar-refractivity contribution in [3.05, 3.63) is 58.1 Å². The lowest BCUT2D eigenvalue weighted by molar-refractivity contribution is 0.102. The van der Waals surface area contributed by atoms with E-state index in [2.05, 4.69) is 21.2 Å². The third-order valence-electron chi connectivity index (χ3n) is 3.00. The maximum atomic E-state index is 12.4. The highest BCUT2D eigenvalue weighted by atomic mass is 79.9. The smallest absolute Gasteiger partial charge is 0.256 e. The molecule has 2 aromatic rings. The summed E-state index contributed by atoms with van der Waals surface area (Å²) in [6.45, 7) is 1.97. The fourth-order valence-corrected chi connectivity index (χ4v) is 2.40. The molecular weight excluding hydrogens is 316 g/mol. The van der Waals surface area contributed by atoms with Gasteiger partial charge in [-0.05, 0) is 47.1 Å². The summed E-state index contributed by atoms with van der Waals surface area (Å²) in [4.78, 5) is 14.4. The monoisotopic (exact) mass is 332 g/mol. The summed E-state index contributed by atoms with van der Waals surface area (Å²) in [6.07, 6.45) is 0. The van der Waals surface area contributed by atoms with Gasteiger partial charge in [-0.1, -0.05) is 23.8 Å². The van der Waals surface area contributed by atoms with Crippen molar-refractivity contribution in [2.45, 2.75) is 6.92 Å². The van der Waals surface area contributed by atoms with E-state index in [1.807, 2.05) is 68.4 Å². The first-order valence-corrected chi connectivity index (χ1v) is 7.12. The van der Waals surface area contributed by atoms with E-state index in [0.717, 1.165) is 21.4 Å². The Morgan fingerprint density at radius 1 is 1.15 bits per heavy atom. The molecule has 0 spiro atoms. The second kappa shape index (κ2) is 6.09. The van der Waals surface area contributed by atoms with Gasteiger partial charge in [0.15, 0.2) is 0 Å². The number of para-hydroxylation sites is 2. The Balaban J connectivity index is 2.31. The second-order valence-corrected chi connectivity index (χ2v) is 5.70. The molecule has 0 radical (unpaired) electrons. The van der Waals surface area contributed by atoms with Gasteiger partial charge in [-0.2, -0.15) is 0 Å². The molecule has 1 N–H and O–H groups in total. The minimum absolute atomic E-state index is 0.116. The molecule has 1 amide bonds. The molecule has 3 nitrogen and oxygen atoms in total. The highest BCUT2D eigenvalue weighted by molar-refractivity contribution is 9.10. The van der Waals surface area contributed by atoms with E-state index >= 15 is 0 Å². The lowest BCUT2D eigenvalue weighted by Crippen LogP contribution is -2.17. The van der Waals surface area contributed by atoms with Crippen LogP contribution in [0.4, 0.5) is 11.4 Å². The predicted molar refractivity (Wildman–Crippen MR) is 87.6 cm³/mol. The number of benzene rings is 2. The van der Waals surface area contributed by atoms with Crippen molar-refractivity contribution in [2.75, 3.05) is 24.3 Å². The minimum Gasteiger partial charge on any atom is -0.376 e. The molecule has 0 bridgehead atoms. The zero-order valence-electron chi connectivity index (χ0n) is 11.8. The first-order valence-electron chi connectivity index (χ1n) is 6.33. The fraction of sp³-hybridized carbons (Fsp3) is 0.188. The molecule has 0 saturated heterocycles. The zero-order chi connectivity index (χ0) is 14.7. The van der Waals surface area contributed by atoms with Crippen LogP contribution in [0.3, 0.4) is 0 Å². The van der Waals surface area contributed by atoms with Gasteiger partial charge < -0.3 is 10.2 Å². The first-order chi connectivity index (χ1) is 9.49. The molecule has 0 atom stereocenters.